The van der Waals surface area contributed by atoms with E-state index in [4.69, 9.17) is 9.47 Å². The quantitative estimate of drug-likeness (QED) is 0.696. The Kier molecular flexibility index (Phi) is 5.70. The summed E-state index contributed by atoms with van der Waals surface area (Å²) in [5, 5.41) is 10.7. The summed E-state index contributed by atoms with van der Waals surface area (Å²) in [4.78, 5) is 13.0. The van der Waals surface area contributed by atoms with E-state index in [0.29, 0.717) is 49.1 Å². The van der Waals surface area contributed by atoms with E-state index in [1.165, 1.54) is 25.7 Å². The number of carbonyl (C=O) groups is 1. The van der Waals surface area contributed by atoms with Crippen LogP contribution in [-0.2, 0) is 14.3 Å². The van der Waals surface area contributed by atoms with Gasteiger partial charge in [0.1, 0.15) is 5.78 Å². The summed E-state index contributed by atoms with van der Waals surface area (Å²) in [6.07, 6.45) is 8.03. The van der Waals surface area contributed by atoms with Crippen LogP contribution in [0.1, 0.15) is 79.1 Å². The maximum Gasteiger partial charge on any atom is 0.167 e. The Morgan fingerprint density at radius 2 is 1.68 bits per heavy atom. The number of rotatable bonds is 5. The zero-order chi connectivity index (χ0) is 20.1. The molecule has 0 aromatic rings. The molecule has 8 atom stereocenters. The lowest BCUT2D eigenvalue weighted by atomic mass is 9.44. The number of aliphatic hydroxyl groups is 1. The molecule has 160 valence electrons. The van der Waals surface area contributed by atoms with Crippen molar-refractivity contribution in [3.63, 3.8) is 0 Å². The van der Waals surface area contributed by atoms with Crippen LogP contribution in [0, 0.1) is 40.4 Å². The average molecular weight is 393 g/mol. The van der Waals surface area contributed by atoms with Gasteiger partial charge < -0.3 is 14.6 Å². The highest BCUT2D eigenvalue weighted by molar-refractivity contribution is 5.82. The molecule has 0 saturated heterocycles. The summed E-state index contributed by atoms with van der Waals surface area (Å²) >= 11 is 0. The summed E-state index contributed by atoms with van der Waals surface area (Å²) in [6, 6.07) is 0. The summed E-state index contributed by atoms with van der Waals surface area (Å²) in [5.74, 6) is 2.78. The second-order valence-corrected chi connectivity index (χ2v) is 10.6. The fourth-order valence-electron chi connectivity index (χ4n) is 8.00. The van der Waals surface area contributed by atoms with Crippen LogP contribution in [0.4, 0.5) is 0 Å². The van der Waals surface area contributed by atoms with Crippen LogP contribution in [0.25, 0.3) is 0 Å². The normalized spacial score (nSPS) is 48.3. The van der Waals surface area contributed by atoms with Crippen LogP contribution in [-0.4, -0.2) is 36.5 Å². The number of aliphatic hydroxyl groups excluding tert-OH is 1. The molecule has 28 heavy (non-hydrogen) atoms. The standard InChI is InChI=1S/C24H40O4/c1-5-27-22(28-6-2)17-14-24(4)15(13-20(17)25)7-8-16-18-9-10-21(26)23(18,3)12-11-19(16)24/h15-19,21-22,26H,5-14H2,1-4H3/t15-,16-,17+,18-,19-,21-,23-,24-/m0/s1. The van der Waals surface area contributed by atoms with Gasteiger partial charge in [0.15, 0.2) is 6.29 Å². The number of carbonyl (C=O) groups excluding carboxylic acids is 1. The van der Waals surface area contributed by atoms with Crippen LogP contribution in [0.3, 0.4) is 0 Å². The van der Waals surface area contributed by atoms with Crippen molar-refractivity contribution in [3.05, 3.63) is 0 Å². The zero-order valence-electron chi connectivity index (χ0n) is 18.3. The van der Waals surface area contributed by atoms with Gasteiger partial charge in [0.2, 0.25) is 0 Å². The van der Waals surface area contributed by atoms with Gasteiger partial charge in [-0.05, 0) is 93.3 Å². The lowest BCUT2D eigenvalue weighted by Crippen LogP contribution is -2.56. The zero-order valence-corrected chi connectivity index (χ0v) is 18.3. The van der Waals surface area contributed by atoms with Gasteiger partial charge in [-0.2, -0.15) is 0 Å². The maximum atomic E-state index is 13.0. The van der Waals surface area contributed by atoms with Crippen LogP contribution < -0.4 is 0 Å². The van der Waals surface area contributed by atoms with Crippen molar-refractivity contribution in [2.75, 3.05) is 13.2 Å². The number of hydrogen-bond acceptors (Lipinski definition) is 4. The molecule has 0 bridgehead atoms. The van der Waals surface area contributed by atoms with Crippen molar-refractivity contribution in [3.8, 4) is 0 Å². The van der Waals surface area contributed by atoms with Gasteiger partial charge in [0, 0.05) is 19.6 Å². The molecular formula is C24H40O4. The third-order valence-electron chi connectivity index (χ3n) is 9.53. The van der Waals surface area contributed by atoms with Crippen molar-refractivity contribution in [1.29, 1.82) is 0 Å². The SMILES string of the molecule is CCOC(OCC)[C@@H]1C[C@@]2(C)[C@@H](CC[C@@H]3[C@@H]2CC[C@]2(C)[C@@H](O)CC[C@@H]32)CC1=O. The topological polar surface area (TPSA) is 55.8 Å². The predicted molar refractivity (Wildman–Crippen MR) is 109 cm³/mol. The van der Waals surface area contributed by atoms with E-state index in [1.807, 2.05) is 13.8 Å². The molecule has 4 heteroatoms. The summed E-state index contributed by atoms with van der Waals surface area (Å²) in [7, 11) is 0. The van der Waals surface area contributed by atoms with Crippen molar-refractivity contribution in [2.45, 2.75) is 91.5 Å². The Balaban J connectivity index is 1.59. The number of fused-ring (bicyclic) bond motifs is 5. The van der Waals surface area contributed by atoms with Crippen molar-refractivity contribution < 1.29 is 19.4 Å². The minimum absolute atomic E-state index is 0.118. The molecule has 4 aliphatic carbocycles. The highest BCUT2D eigenvalue weighted by Gasteiger charge is 2.61. The number of ether oxygens (including phenoxy) is 2. The number of hydrogen-bond donors (Lipinski definition) is 1. The molecule has 4 aliphatic rings. The molecule has 0 radical (unpaired) electrons. The van der Waals surface area contributed by atoms with Crippen LogP contribution >= 0.6 is 0 Å². The van der Waals surface area contributed by atoms with Crippen molar-refractivity contribution in [1.82, 2.24) is 0 Å². The average Bonchev–Trinajstić information content (AvgIpc) is 2.97. The van der Waals surface area contributed by atoms with Gasteiger partial charge in [0.05, 0.1) is 12.0 Å². The van der Waals surface area contributed by atoms with Crippen molar-refractivity contribution in [2.24, 2.45) is 40.4 Å². The van der Waals surface area contributed by atoms with E-state index in [1.54, 1.807) is 0 Å². The largest absolute Gasteiger partial charge is 0.393 e. The fraction of sp³-hybridized carbons (Fsp3) is 0.958. The summed E-state index contributed by atoms with van der Waals surface area (Å²) in [6.45, 7) is 9.93. The fourth-order valence-corrected chi connectivity index (χ4v) is 8.00. The molecule has 4 fully saturated rings. The molecule has 0 aromatic heterocycles. The molecule has 0 heterocycles. The Morgan fingerprint density at radius 3 is 2.36 bits per heavy atom. The van der Waals surface area contributed by atoms with Crippen LogP contribution in [0.5, 0.6) is 0 Å². The smallest absolute Gasteiger partial charge is 0.167 e. The van der Waals surface area contributed by atoms with Gasteiger partial charge in [0.25, 0.3) is 0 Å². The summed E-state index contributed by atoms with van der Waals surface area (Å²) in [5.41, 5.74) is 0.316. The Bertz CT molecular complexity index is 585. The van der Waals surface area contributed by atoms with Crippen molar-refractivity contribution >= 4 is 5.78 Å². The minimum atomic E-state index is -0.386. The van der Waals surface area contributed by atoms with Gasteiger partial charge >= 0.3 is 0 Å². The molecule has 4 rings (SSSR count). The monoisotopic (exact) mass is 392 g/mol. The van der Waals surface area contributed by atoms with E-state index in [-0.39, 0.29) is 29.1 Å². The Hall–Kier alpha value is -0.450. The first-order chi connectivity index (χ1) is 13.3. The van der Waals surface area contributed by atoms with Gasteiger partial charge in [-0.1, -0.05) is 13.8 Å². The molecule has 4 saturated carbocycles. The molecule has 0 aliphatic heterocycles. The minimum Gasteiger partial charge on any atom is -0.393 e. The second-order valence-electron chi connectivity index (χ2n) is 10.6. The van der Waals surface area contributed by atoms with Gasteiger partial charge in [-0.3, -0.25) is 4.79 Å². The van der Waals surface area contributed by atoms with Crippen LogP contribution in [0.2, 0.25) is 0 Å². The van der Waals surface area contributed by atoms with Gasteiger partial charge in [-0.25, -0.2) is 0 Å². The third kappa shape index (κ3) is 3.09. The third-order valence-corrected chi connectivity index (χ3v) is 9.53. The lowest BCUT2D eigenvalue weighted by Gasteiger charge is -2.61. The molecule has 0 amide bonds. The van der Waals surface area contributed by atoms with E-state index in [9.17, 15) is 9.90 Å². The molecular weight excluding hydrogens is 352 g/mol. The first kappa shape index (κ1) is 20.8. The van der Waals surface area contributed by atoms with E-state index >= 15 is 0 Å². The molecule has 0 unspecified atom stereocenters. The highest BCUT2D eigenvalue weighted by Crippen LogP contribution is 2.66. The van der Waals surface area contributed by atoms with E-state index in [0.717, 1.165) is 19.3 Å². The first-order valence-electron chi connectivity index (χ1n) is 11.8. The Labute approximate surface area is 170 Å². The molecule has 4 nitrogen and oxygen atoms in total. The van der Waals surface area contributed by atoms with Gasteiger partial charge in [-0.15, -0.1) is 0 Å². The van der Waals surface area contributed by atoms with Crippen LogP contribution in [0.15, 0.2) is 0 Å². The van der Waals surface area contributed by atoms with E-state index < -0.39 is 0 Å². The lowest BCUT2D eigenvalue weighted by molar-refractivity contribution is -0.200. The van der Waals surface area contributed by atoms with E-state index in [2.05, 4.69) is 13.8 Å². The first-order valence-corrected chi connectivity index (χ1v) is 11.8. The highest BCUT2D eigenvalue weighted by atomic mass is 16.7. The maximum absolute atomic E-state index is 13.0. The summed E-state index contributed by atoms with van der Waals surface area (Å²) < 4.78 is 11.8. The Morgan fingerprint density at radius 1 is 1.00 bits per heavy atom. The number of ketones is 1. The molecule has 0 aromatic carbocycles. The second kappa shape index (κ2) is 7.67. The molecule has 0 spiro atoms. The number of Topliss-reactive ketones (excluding diaryl/α,β-unsaturated/α-hetero) is 1. The molecule has 1 N–H and O–H groups in total. The predicted octanol–water partition coefficient (Wildman–Crippen LogP) is 4.58.